The van der Waals surface area contributed by atoms with E-state index in [1.54, 1.807) is 0 Å². The van der Waals surface area contributed by atoms with E-state index in [9.17, 15) is 24.0 Å². The summed E-state index contributed by atoms with van der Waals surface area (Å²) in [5.74, 6) is -4.78. The number of esters is 1. The first-order chi connectivity index (χ1) is 20.8. The quantitative estimate of drug-likeness (QED) is 0.228. The zero-order valence-electron chi connectivity index (χ0n) is 23.4. The molecule has 3 aromatic rings. The Bertz CT molecular complexity index is 1510. The molecule has 220 valence electrons. The zero-order chi connectivity index (χ0) is 30.2. The topological polar surface area (TPSA) is 122 Å². The summed E-state index contributed by atoms with van der Waals surface area (Å²) in [5, 5.41) is 0.459. The molecule has 1 saturated heterocycles. The number of hydrazine groups is 1. The highest BCUT2D eigenvalue weighted by Crippen LogP contribution is 2.61. The summed E-state index contributed by atoms with van der Waals surface area (Å²) in [6.45, 7) is 1.24. The largest absolute Gasteiger partial charge is 0.454 e. The number of halogens is 1. The molecule has 7 rings (SSSR count). The van der Waals surface area contributed by atoms with E-state index >= 15 is 0 Å². The van der Waals surface area contributed by atoms with Gasteiger partial charge in [0.25, 0.3) is 11.8 Å². The molecule has 4 aliphatic rings. The molecule has 3 atom stereocenters. The molecule has 0 radical (unpaired) electrons. The second-order valence-corrected chi connectivity index (χ2v) is 11.5. The Hall–Kier alpha value is -4.50. The van der Waals surface area contributed by atoms with E-state index in [1.165, 1.54) is 24.3 Å². The number of rotatable bonds is 8. The van der Waals surface area contributed by atoms with Gasteiger partial charge in [0.05, 0.1) is 11.8 Å². The minimum Gasteiger partial charge on any atom is -0.454 e. The van der Waals surface area contributed by atoms with Crippen molar-refractivity contribution >= 4 is 41.2 Å². The number of carbonyl (C=O) groups excluding carboxylic acids is 5. The van der Waals surface area contributed by atoms with Gasteiger partial charge in [-0.2, -0.15) is 0 Å². The van der Waals surface area contributed by atoms with E-state index in [0.717, 1.165) is 33.6 Å². The maximum atomic E-state index is 14.1. The number of benzene rings is 3. The van der Waals surface area contributed by atoms with Gasteiger partial charge in [-0.1, -0.05) is 79.9 Å². The van der Waals surface area contributed by atoms with Crippen molar-refractivity contribution in [2.24, 2.45) is 11.8 Å². The van der Waals surface area contributed by atoms with Crippen molar-refractivity contribution in [3.8, 4) is 0 Å². The molecule has 0 saturated carbocycles. The average molecular weight is 600 g/mol. The van der Waals surface area contributed by atoms with Gasteiger partial charge in [-0.05, 0) is 52.9 Å². The lowest BCUT2D eigenvalue weighted by atomic mass is 9.55. The lowest BCUT2D eigenvalue weighted by Gasteiger charge is -2.45. The van der Waals surface area contributed by atoms with Gasteiger partial charge in [0.1, 0.15) is 6.04 Å². The highest BCUT2D eigenvalue weighted by Gasteiger charge is 2.63. The molecule has 4 amide bonds. The molecule has 0 unspecified atom stereocenters. The number of ether oxygens (including phenoxy) is 1. The smallest absolute Gasteiger partial charge is 0.329 e. The molecule has 10 heteroatoms. The number of carbonyl (C=O) groups is 5. The van der Waals surface area contributed by atoms with Crippen LogP contribution in [0.5, 0.6) is 0 Å². The van der Waals surface area contributed by atoms with E-state index in [-0.39, 0.29) is 35.6 Å². The lowest BCUT2D eigenvalue weighted by molar-refractivity contribution is -0.161. The maximum Gasteiger partial charge on any atom is 0.329 e. The molecular formula is C33H30ClN3O6. The number of hydrogen-bond donors (Lipinski definition) is 2. The fourth-order valence-electron chi connectivity index (χ4n) is 6.83. The number of nitrogens with zero attached hydrogens (tertiary/aromatic N) is 1. The number of likely N-dealkylation sites (tertiary alicyclic amines) is 1. The summed E-state index contributed by atoms with van der Waals surface area (Å²) in [4.78, 5) is 67.4. The number of imide groups is 1. The Kier molecular flexibility index (Phi) is 7.75. The van der Waals surface area contributed by atoms with Crippen LogP contribution in [0.3, 0.4) is 0 Å². The highest BCUT2D eigenvalue weighted by atomic mass is 35.5. The Balaban J connectivity index is 1.19. The van der Waals surface area contributed by atoms with Crippen molar-refractivity contribution in [2.75, 3.05) is 6.61 Å². The van der Waals surface area contributed by atoms with Crippen molar-refractivity contribution in [3.63, 3.8) is 0 Å². The van der Waals surface area contributed by atoms with Crippen LogP contribution < -0.4 is 10.9 Å². The van der Waals surface area contributed by atoms with Gasteiger partial charge in [-0.3, -0.25) is 34.9 Å². The third-order valence-corrected chi connectivity index (χ3v) is 8.92. The summed E-state index contributed by atoms with van der Waals surface area (Å²) in [6.07, 6.45) is 1.52. The first-order valence-corrected chi connectivity index (χ1v) is 14.8. The number of hydrogen-bond acceptors (Lipinski definition) is 6. The molecule has 2 bridgehead atoms. The Morgan fingerprint density at radius 3 is 1.81 bits per heavy atom. The molecule has 0 spiro atoms. The first-order valence-electron chi connectivity index (χ1n) is 14.4. The van der Waals surface area contributed by atoms with Crippen molar-refractivity contribution in [1.29, 1.82) is 0 Å². The van der Waals surface area contributed by atoms with Crippen LogP contribution >= 0.6 is 11.6 Å². The van der Waals surface area contributed by atoms with E-state index < -0.39 is 42.3 Å². The summed E-state index contributed by atoms with van der Waals surface area (Å²) < 4.78 is 5.31. The van der Waals surface area contributed by atoms with Gasteiger partial charge in [-0.25, -0.2) is 4.79 Å². The fourth-order valence-corrected chi connectivity index (χ4v) is 6.95. The second-order valence-electron chi connectivity index (χ2n) is 11.1. The normalized spacial score (nSPS) is 21.9. The summed E-state index contributed by atoms with van der Waals surface area (Å²) in [6, 6.07) is 20.8. The lowest BCUT2D eigenvalue weighted by Crippen LogP contribution is -2.48. The predicted octanol–water partition coefficient (Wildman–Crippen LogP) is 4.10. The van der Waals surface area contributed by atoms with Gasteiger partial charge in [0, 0.05) is 22.4 Å². The van der Waals surface area contributed by atoms with Crippen LogP contribution in [0.2, 0.25) is 5.02 Å². The number of amides is 4. The van der Waals surface area contributed by atoms with Crippen LogP contribution in [0.15, 0.2) is 72.8 Å². The van der Waals surface area contributed by atoms with E-state index in [2.05, 4.69) is 10.9 Å². The Labute approximate surface area is 253 Å². The van der Waals surface area contributed by atoms with Gasteiger partial charge in [0.2, 0.25) is 11.8 Å². The third-order valence-electron chi connectivity index (χ3n) is 8.66. The van der Waals surface area contributed by atoms with Gasteiger partial charge in [-0.15, -0.1) is 0 Å². The monoisotopic (exact) mass is 599 g/mol. The molecule has 0 aromatic heterocycles. The highest BCUT2D eigenvalue weighted by molar-refractivity contribution is 6.30. The molecule has 3 aliphatic carbocycles. The molecule has 2 N–H and O–H groups in total. The molecule has 1 aliphatic heterocycles. The average Bonchev–Trinajstić information content (AvgIpc) is 3.29. The van der Waals surface area contributed by atoms with Crippen molar-refractivity contribution in [2.45, 2.75) is 44.1 Å². The fraction of sp³-hybridized carbons (Fsp3) is 0.303. The number of unbranched alkanes of at least 4 members (excludes halogenated alkanes) is 1. The Morgan fingerprint density at radius 2 is 1.33 bits per heavy atom. The van der Waals surface area contributed by atoms with Crippen LogP contribution in [0.1, 0.15) is 70.6 Å². The molecule has 1 heterocycles. The third kappa shape index (κ3) is 4.97. The molecule has 3 aromatic carbocycles. The van der Waals surface area contributed by atoms with Crippen LogP contribution in [0.25, 0.3) is 0 Å². The summed E-state index contributed by atoms with van der Waals surface area (Å²) in [5.41, 5.74) is 8.89. The SMILES string of the molecule is CCCC[C@@H](C(=O)OCC(=O)NNC(=O)c1ccc(Cl)cc1)N1C(=O)[C@@H]2C3c4ccccc4C(c4ccccc43)[C@@H]2C1=O. The van der Waals surface area contributed by atoms with Crippen molar-refractivity contribution in [3.05, 3.63) is 106 Å². The van der Waals surface area contributed by atoms with Crippen LogP contribution in [-0.4, -0.2) is 47.1 Å². The van der Waals surface area contributed by atoms with Crippen molar-refractivity contribution < 1.29 is 28.7 Å². The molecule has 43 heavy (non-hydrogen) atoms. The number of nitrogens with one attached hydrogen (secondary N) is 2. The van der Waals surface area contributed by atoms with Gasteiger partial charge < -0.3 is 4.74 Å². The Morgan fingerprint density at radius 1 is 0.814 bits per heavy atom. The summed E-state index contributed by atoms with van der Waals surface area (Å²) >= 11 is 5.84. The minimum absolute atomic E-state index is 0.219. The van der Waals surface area contributed by atoms with Gasteiger partial charge in [0.15, 0.2) is 6.61 Å². The molecule has 9 nitrogen and oxygen atoms in total. The van der Waals surface area contributed by atoms with Crippen LogP contribution in [-0.2, 0) is 23.9 Å². The van der Waals surface area contributed by atoms with E-state index in [0.29, 0.717) is 11.4 Å². The van der Waals surface area contributed by atoms with Crippen LogP contribution in [0.4, 0.5) is 0 Å². The zero-order valence-corrected chi connectivity index (χ0v) is 24.2. The second kappa shape index (κ2) is 11.6. The summed E-state index contributed by atoms with van der Waals surface area (Å²) in [7, 11) is 0. The predicted molar refractivity (Wildman–Crippen MR) is 157 cm³/mol. The van der Waals surface area contributed by atoms with Crippen molar-refractivity contribution in [1.82, 2.24) is 15.8 Å². The molecular weight excluding hydrogens is 570 g/mol. The van der Waals surface area contributed by atoms with Gasteiger partial charge >= 0.3 is 5.97 Å². The van der Waals surface area contributed by atoms with E-state index in [1.807, 2.05) is 55.5 Å². The maximum absolute atomic E-state index is 14.1. The minimum atomic E-state index is -1.16. The standard InChI is InChI=1S/C33H30ClN3O6/c1-2-3-12-24(33(42)43-17-25(38)35-36-30(39)18-13-15-19(34)16-14-18)37-31(40)28-26-20-8-4-5-9-21(20)27(29(28)32(37)41)23-11-7-6-10-22(23)26/h4-11,13-16,24,26-29H,2-3,12,17H2,1H3,(H,35,38)(H,36,39)/t24-,26?,27?,28-,29+/m0/s1. The van der Waals surface area contributed by atoms with Crippen LogP contribution in [0, 0.1) is 11.8 Å². The molecule has 1 fully saturated rings. The van der Waals surface area contributed by atoms with E-state index in [4.69, 9.17) is 16.3 Å². The first kappa shape index (κ1) is 28.6.